The van der Waals surface area contributed by atoms with Crippen LogP contribution in [0.2, 0.25) is 0 Å². The molecule has 1 fully saturated rings. The molecule has 7 heteroatoms. The molecule has 1 aliphatic rings. The number of likely N-dealkylation sites (tertiary alicyclic amines) is 1. The number of amides is 1. The van der Waals surface area contributed by atoms with Crippen molar-refractivity contribution in [1.82, 2.24) is 24.9 Å². The summed E-state index contributed by atoms with van der Waals surface area (Å²) >= 11 is 1.50. The summed E-state index contributed by atoms with van der Waals surface area (Å²) in [5, 5.41) is 11.0. The van der Waals surface area contributed by atoms with Crippen LogP contribution >= 0.6 is 11.3 Å². The Morgan fingerprint density at radius 1 is 1.17 bits per heavy atom. The molecule has 1 aromatic carbocycles. The van der Waals surface area contributed by atoms with Crippen molar-refractivity contribution in [3.63, 3.8) is 0 Å². The molecular weight excluding hydrogens is 310 g/mol. The Kier molecular flexibility index (Phi) is 3.63. The van der Waals surface area contributed by atoms with Crippen LogP contribution in [0.1, 0.15) is 23.0 Å². The summed E-state index contributed by atoms with van der Waals surface area (Å²) < 4.78 is 0. The number of hydrogen-bond donors (Lipinski definition) is 0. The summed E-state index contributed by atoms with van der Waals surface area (Å²) in [7, 11) is 0. The lowest BCUT2D eigenvalue weighted by atomic mass is 10.2. The van der Waals surface area contributed by atoms with Crippen LogP contribution in [-0.4, -0.2) is 43.9 Å². The average molecular weight is 325 g/mol. The van der Waals surface area contributed by atoms with Crippen molar-refractivity contribution in [2.45, 2.75) is 12.5 Å². The first-order valence-corrected chi connectivity index (χ1v) is 8.35. The zero-order valence-electron chi connectivity index (χ0n) is 12.4. The van der Waals surface area contributed by atoms with E-state index in [4.69, 9.17) is 0 Å². The first kappa shape index (κ1) is 14.1. The highest BCUT2D eigenvalue weighted by atomic mass is 32.1. The van der Waals surface area contributed by atoms with Crippen LogP contribution in [0.5, 0.6) is 0 Å². The molecule has 116 valence electrons. The maximum atomic E-state index is 12.6. The molecule has 3 heterocycles. The summed E-state index contributed by atoms with van der Waals surface area (Å²) in [6.07, 6.45) is 4.20. The van der Waals surface area contributed by atoms with E-state index in [1.165, 1.54) is 11.3 Å². The number of carbonyl (C=O) groups excluding carboxylic acids is 1. The van der Waals surface area contributed by atoms with E-state index in [2.05, 4.69) is 15.2 Å². The van der Waals surface area contributed by atoms with Crippen LogP contribution in [0.3, 0.4) is 0 Å². The van der Waals surface area contributed by atoms with Crippen LogP contribution < -0.4 is 0 Å². The number of nitrogens with zero attached hydrogens (tertiary/aromatic N) is 5. The normalized spacial score (nSPS) is 17.6. The molecule has 0 spiro atoms. The Labute approximate surface area is 137 Å². The van der Waals surface area contributed by atoms with Crippen LogP contribution in [0.25, 0.3) is 10.6 Å². The smallest absolute Gasteiger partial charge is 0.273 e. The average Bonchev–Trinajstić information content (AvgIpc) is 3.35. The highest BCUT2D eigenvalue weighted by molar-refractivity contribution is 7.13. The van der Waals surface area contributed by atoms with E-state index in [9.17, 15) is 4.79 Å². The Morgan fingerprint density at radius 3 is 2.74 bits per heavy atom. The minimum absolute atomic E-state index is 0.0157. The van der Waals surface area contributed by atoms with E-state index in [1.54, 1.807) is 17.2 Å². The Balaban J connectivity index is 1.49. The zero-order chi connectivity index (χ0) is 15.6. The van der Waals surface area contributed by atoms with Crippen molar-refractivity contribution in [1.29, 1.82) is 0 Å². The number of thiazole rings is 1. The molecule has 6 nitrogen and oxygen atoms in total. The number of rotatable bonds is 3. The largest absolute Gasteiger partial charge is 0.335 e. The molecule has 3 aromatic rings. The van der Waals surface area contributed by atoms with Crippen LogP contribution in [0, 0.1) is 0 Å². The van der Waals surface area contributed by atoms with E-state index in [0.29, 0.717) is 18.8 Å². The molecule has 0 N–H and O–H groups in total. The van der Waals surface area contributed by atoms with E-state index in [-0.39, 0.29) is 11.9 Å². The Hall–Kier alpha value is -2.54. The lowest BCUT2D eigenvalue weighted by molar-refractivity contribution is 0.0781. The fraction of sp³-hybridized carbons (Fsp3) is 0.250. The second-order valence-corrected chi connectivity index (χ2v) is 6.31. The maximum absolute atomic E-state index is 12.6. The molecule has 0 aliphatic carbocycles. The molecule has 1 saturated heterocycles. The number of aromatic nitrogens is 4. The van der Waals surface area contributed by atoms with Gasteiger partial charge < -0.3 is 4.90 Å². The van der Waals surface area contributed by atoms with Gasteiger partial charge in [-0.1, -0.05) is 30.3 Å². The second kappa shape index (κ2) is 5.92. The van der Waals surface area contributed by atoms with Gasteiger partial charge in [-0.2, -0.15) is 15.0 Å². The monoisotopic (exact) mass is 325 g/mol. The molecule has 0 bridgehead atoms. The Morgan fingerprint density at radius 2 is 1.96 bits per heavy atom. The molecule has 1 aliphatic heterocycles. The van der Waals surface area contributed by atoms with Gasteiger partial charge in [-0.3, -0.25) is 4.79 Å². The molecule has 0 radical (unpaired) electrons. The number of carbonyl (C=O) groups is 1. The maximum Gasteiger partial charge on any atom is 0.273 e. The van der Waals surface area contributed by atoms with E-state index >= 15 is 0 Å². The minimum atomic E-state index is -0.0157. The summed E-state index contributed by atoms with van der Waals surface area (Å²) in [6, 6.07) is 10.1. The quantitative estimate of drug-likeness (QED) is 0.742. The third-order valence-corrected chi connectivity index (χ3v) is 4.85. The summed E-state index contributed by atoms with van der Waals surface area (Å²) in [4.78, 5) is 20.6. The van der Waals surface area contributed by atoms with Crippen molar-refractivity contribution in [2.75, 3.05) is 13.1 Å². The molecule has 1 atom stereocenters. The predicted molar refractivity (Wildman–Crippen MR) is 87.1 cm³/mol. The minimum Gasteiger partial charge on any atom is -0.335 e. The van der Waals surface area contributed by atoms with Gasteiger partial charge in [0.05, 0.1) is 18.4 Å². The third-order valence-electron chi connectivity index (χ3n) is 3.96. The van der Waals surface area contributed by atoms with Crippen molar-refractivity contribution in [2.24, 2.45) is 0 Å². The summed E-state index contributed by atoms with van der Waals surface area (Å²) in [5.41, 5.74) is 1.56. The van der Waals surface area contributed by atoms with Crippen molar-refractivity contribution in [3.05, 3.63) is 53.8 Å². The lowest BCUT2D eigenvalue weighted by Crippen LogP contribution is -2.29. The van der Waals surface area contributed by atoms with Gasteiger partial charge in [0, 0.05) is 24.0 Å². The van der Waals surface area contributed by atoms with E-state index in [1.807, 2.05) is 40.6 Å². The zero-order valence-corrected chi connectivity index (χ0v) is 13.2. The van der Waals surface area contributed by atoms with Crippen LogP contribution in [0.15, 0.2) is 48.1 Å². The predicted octanol–water partition coefficient (Wildman–Crippen LogP) is 2.49. The fourth-order valence-electron chi connectivity index (χ4n) is 2.78. The highest BCUT2D eigenvalue weighted by Gasteiger charge is 2.30. The molecular formula is C16H15N5OS. The van der Waals surface area contributed by atoms with Gasteiger partial charge >= 0.3 is 0 Å². The molecule has 1 amide bonds. The van der Waals surface area contributed by atoms with Crippen molar-refractivity contribution >= 4 is 17.2 Å². The van der Waals surface area contributed by atoms with Gasteiger partial charge in [0.25, 0.3) is 5.91 Å². The fourth-order valence-corrected chi connectivity index (χ4v) is 3.58. The Bertz CT molecular complexity index is 799. The third kappa shape index (κ3) is 2.75. The number of benzene rings is 1. The molecule has 4 rings (SSSR count). The highest BCUT2D eigenvalue weighted by Crippen LogP contribution is 2.26. The van der Waals surface area contributed by atoms with Crippen LogP contribution in [-0.2, 0) is 0 Å². The number of hydrogen-bond acceptors (Lipinski definition) is 5. The summed E-state index contributed by atoms with van der Waals surface area (Å²) in [5.74, 6) is -0.0157. The van der Waals surface area contributed by atoms with Gasteiger partial charge in [0.1, 0.15) is 10.7 Å². The van der Waals surface area contributed by atoms with E-state index in [0.717, 1.165) is 17.0 Å². The molecule has 23 heavy (non-hydrogen) atoms. The molecule has 0 saturated carbocycles. The van der Waals surface area contributed by atoms with Gasteiger partial charge in [0.2, 0.25) is 0 Å². The van der Waals surface area contributed by atoms with Gasteiger partial charge in [-0.15, -0.1) is 11.3 Å². The first-order chi connectivity index (χ1) is 11.3. The van der Waals surface area contributed by atoms with E-state index < -0.39 is 0 Å². The second-order valence-electron chi connectivity index (χ2n) is 5.45. The van der Waals surface area contributed by atoms with Crippen LogP contribution in [0.4, 0.5) is 0 Å². The molecule has 1 unspecified atom stereocenters. The summed E-state index contributed by atoms with van der Waals surface area (Å²) in [6.45, 7) is 1.34. The van der Waals surface area contributed by atoms with Crippen molar-refractivity contribution in [3.8, 4) is 10.6 Å². The standard InChI is InChI=1S/C16H15N5OS/c22-16(20-9-6-13(10-20)21-17-7-8-18-21)14-11-23-15(19-14)12-4-2-1-3-5-12/h1-5,7-8,11,13H,6,9-10H2. The van der Waals surface area contributed by atoms with Gasteiger partial charge in [-0.25, -0.2) is 4.98 Å². The van der Waals surface area contributed by atoms with Gasteiger partial charge in [-0.05, 0) is 6.42 Å². The lowest BCUT2D eigenvalue weighted by Gasteiger charge is -2.14. The molecule has 2 aromatic heterocycles. The van der Waals surface area contributed by atoms with Gasteiger partial charge in [0.15, 0.2) is 0 Å². The van der Waals surface area contributed by atoms with Crippen molar-refractivity contribution < 1.29 is 4.79 Å². The topological polar surface area (TPSA) is 63.9 Å². The first-order valence-electron chi connectivity index (χ1n) is 7.47. The SMILES string of the molecule is O=C(c1csc(-c2ccccc2)n1)N1CCC(n2nccn2)C1.